The lowest BCUT2D eigenvalue weighted by Gasteiger charge is -2.15. The zero-order chi connectivity index (χ0) is 11.1. The number of ether oxygens (including phenoxy) is 1. The van der Waals surface area contributed by atoms with Crippen molar-refractivity contribution in [3.8, 4) is 0 Å². The van der Waals surface area contributed by atoms with Gasteiger partial charge in [0.05, 0.1) is 0 Å². The molecule has 0 rings (SSSR count). The highest BCUT2D eigenvalue weighted by Gasteiger charge is 2.12. The minimum absolute atomic E-state index is 0.321. The van der Waals surface area contributed by atoms with Gasteiger partial charge in [-0.2, -0.15) is 0 Å². The van der Waals surface area contributed by atoms with Crippen molar-refractivity contribution < 1.29 is 9.53 Å². The van der Waals surface area contributed by atoms with Crippen molar-refractivity contribution in [1.29, 1.82) is 0 Å². The lowest BCUT2D eigenvalue weighted by molar-refractivity contribution is -0.144. The van der Waals surface area contributed by atoms with Gasteiger partial charge in [0.15, 0.2) is 0 Å². The number of carbonyl (C=O) groups is 1. The third kappa shape index (κ3) is 6.06. The molecule has 14 heavy (non-hydrogen) atoms. The van der Waals surface area contributed by atoms with Gasteiger partial charge in [-0.1, -0.05) is 29.3 Å². The van der Waals surface area contributed by atoms with E-state index < -0.39 is 0 Å². The molecule has 4 heteroatoms. The van der Waals surface area contributed by atoms with E-state index in [1.165, 1.54) is 12.5 Å². The number of hydrogen-bond donors (Lipinski definition) is 0. The van der Waals surface area contributed by atoms with Crippen LogP contribution in [0.15, 0.2) is 22.2 Å². The van der Waals surface area contributed by atoms with Crippen LogP contribution >= 0.6 is 23.2 Å². The Morgan fingerprint density at radius 2 is 2.00 bits per heavy atom. The third-order valence-electron chi connectivity index (χ3n) is 1.60. The van der Waals surface area contributed by atoms with Gasteiger partial charge in [-0.25, -0.2) is 0 Å². The first-order valence-corrected chi connectivity index (χ1v) is 5.05. The molecule has 0 aromatic rings. The van der Waals surface area contributed by atoms with Crippen LogP contribution < -0.4 is 0 Å². The summed E-state index contributed by atoms with van der Waals surface area (Å²) in [5, 5.41) is 0.671. The van der Waals surface area contributed by atoms with Gasteiger partial charge in [0.1, 0.15) is 6.10 Å². The zero-order valence-electron chi connectivity index (χ0n) is 8.51. The van der Waals surface area contributed by atoms with Crippen LogP contribution in [0.4, 0.5) is 0 Å². The monoisotopic (exact) mass is 236 g/mol. The van der Waals surface area contributed by atoms with Gasteiger partial charge in [0.25, 0.3) is 0 Å². The second-order valence-corrected chi connectivity index (χ2v) is 3.79. The van der Waals surface area contributed by atoms with E-state index in [2.05, 4.69) is 0 Å². The molecule has 0 fully saturated rings. The molecule has 0 radical (unpaired) electrons. The smallest absolute Gasteiger partial charge is 0.303 e. The summed E-state index contributed by atoms with van der Waals surface area (Å²) in [5.41, 5.74) is 2.21. The molecular formula is C10H14Cl2O2. The fourth-order valence-corrected chi connectivity index (χ4v) is 1.10. The zero-order valence-corrected chi connectivity index (χ0v) is 10.0. The number of esters is 1. The number of rotatable bonds is 4. The molecule has 80 valence electrons. The maximum Gasteiger partial charge on any atom is 0.303 e. The first-order valence-electron chi connectivity index (χ1n) is 4.23. The molecule has 0 heterocycles. The fourth-order valence-electron chi connectivity index (χ4n) is 0.867. The lowest BCUT2D eigenvalue weighted by atomic mass is 10.1. The Morgan fingerprint density at radius 3 is 2.36 bits per heavy atom. The van der Waals surface area contributed by atoms with Gasteiger partial charge in [-0.05, 0) is 19.4 Å². The molecular weight excluding hydrogens is 223 g/mol. The van der Waals surface area contributed by atoms with E-state index in [1.54, 1.807) is 19.9 Å². The average Bonchev–Trinajstić information content (AvgIpc) is 2.10. The SMILES string of the molecule is CC(=O)O[C@H](C/C=C(/C)Cl)/C(C)=C/Cl. The van der Waals surface area contributed by atoms with Gasteiger partial charge >= 0.3 is 5.97 Å². The Hall–Kier alpha value is -0.470. The first-order chi connectivity index (χ1) is 6.47. The predicted octanol–water partition coefficient (Wildman–Crippen LogP) is 3.59. The van der Waals surface area contributed by atoms with Gasteiger partial charge in [0, 0.05) is 23.9 Å². The second kappa shape index (κ2) is 6.91. The van der Waals surface area contributed by atoms with Gasteiger partial charge in [-0.3, -0.25) is 4.79 Å². The number of halogens is 2. The van der Waals surface area contributed by atoms with Crippen LogP contribution in [0.3, 0.4) is 0 Å². The summed E-state index contributed by atoms with van der Waals surface area (Å²) in [6.07, 6.45) is 2.02. The molecule has 0 aliphatic carbocycles. The maximum atomic E-state index is 10.8. The highest BCUT2D eigenvalue weighted by Crippen LogP contribution is 2.14. The predicted molar refractivity (Wildman–Crippen MR) is 59.4 cm³/mol. The van der Waals surface area contributed by atoms with E-state index >= 15 is 0 Å². The van der Waals surface area contributed by atoms with Crippen molar-refractivity contribution in [2.24, 2.45) is 0 Å². The summed E-state index contributed by atoms with van der Waals surface area (Å²) in [4.78, 5) is 10.8. The standard InChI is InChI=1S/C10H14Cl2O2/c1-7(6-11)10(14-9(3)13)5-4-8(2)12/h4,6,10H,5H2,1-3H3/b7-6+,8-4-/t10-/m1/s1. The van der Waals surface area contributed by atoms with Crippen LogP contribution in [-0.2, 0) is 9.53 Å². The van der Waals surface area contributed by atoms with Crippen LogP contribution in [-0.4, -0.2) is 12.1 Å². The Labute approximate surface area is 94.5 Å². The van der Waals surface area contributed by atoms with E-state index in [1.807, 2.05) is 0 Å². The molecule has 0 aromatic heterocycles. The highest BCUT2D eigenvalue weighted by atomic mass is 35.5. The van der Waals surface area contributed by atoms with Crippen molar-refractivity contribution in [1.82, 2.24) is 0 Å². The highest BCUT2D eigenvalue weighted by molar-refractivity contribution is 6.29. The van der Waals surface area contributed by atoms with E-state index in [9.17, 15) is 4.79 Å². The minimum Gasteiger partial charge on any atom is -0.458 e. The lowest BCUT2D eigenvalue weighted by Crippen LogP contribution is -2.16. The van der Waals surface area contributed by atoms with Gasteiger partial charge in [-0.15, -0.1) is 0 Å². The summed E-state index contributed by atoms with van der Waals surface area (Å²) in [5.74, 6) is -0.325. The topological polar surface area (TPSA) is 26.3 Å². The molecule has 0 amide bonds. The van der Waals surface area contributed by atoms with Crippen LogP contribution in [0.25, 0.3) is 0 Å². The van der Waals surface area contributed by atoms with Crippen molar-refractivity contribution >= 4 is 29.2 Å². The van der Waals surface area contributed by atoms with Crippen LogP contribution in [0, 0.1) is 0 Å². The van der Waals surface area contributed by atoms with Crippen LogP contribution in [0.2, 0.25) is 0 Å². The third-order valence-corrected chi connectivity index (χ3v) is 2.10. The number of allylic oxidation sites excluding steroid dienone is 1. The van der Waals surface area contributed by atoms with E-state index in [0.29, 0.717) is 11.5 Å². The average molecular weight is 237 g/mol. The minimum atomic E-state index is -0.325. The number of hydrogen-bond acceptors (Lipinski definition) is 2. The fraction of sp³-hybridized carbons (Fsp3) is 0.500. The van der Waals surface area contributed by atoms with E-state index in [-0.39, 0.29) is 12.1 Å². The molecule has 0 spiro atoms. The molecule has 0 saturated heterocycles. The molecule has 0 bridgehead atoms. The largest absolute Gasteiger partial charge is 0.458 e. The normalized spacial score (nSPS) is 15.2. The number of carbonyl (C=O) groups excluding carboxylic acids is 1. The van der Waals surface area contributed by atoms with Crippen molar-refractivity contribution in [2.75, 3.05) is 0 Å². The molecule has 0 aliphatic heterocycles. The quantitative estimate of drug-likeness (QED) is 0.698. The first kappa shape index (κ1) is 13.5. The van der Waals surface area contributed by atoms with Crippen molar-refractivity contribution in [3.63, 3.8) is 0 Å². The summed E-state index contributed by atoms with van der Waals surface area (Å²) in [7, 11) is 0. The Balaban J connectivity index is 4.40. The van der Waals surface area contributed by atoms with Crippen molar-refractivity contribution in [2.45, 2.75) is 33.3 Å². The van der Waals surface area contributed by atoms with Crippen LogP contribution in [0.1, 0.15) is 27.2 Å². The summed E-state index contributed by atoms with van der Waals surface area (Å²) in [6.45, 7) is 4.94. The summed E-state index contributed by atoms with van der Waals surface area (Å²) in [6, 6.07) is 0. The Morgan fingerprint density at radius 1 is 1.43 bits per heavy atom. The molecule has 0 N–H and O–H groups in total. The van der Waals surface area contributed by atoms with Crippen LogP contribution in [0.5, 0.6) is 0 Å². The summed E-state index contributed by atoms with van der Waals surface area (Å²) < 4.78 is 5.06. The van der Waals surface area contributed by atoms with E-state index in [0.717, 1.165) is 5.57 Å². The Kier molecular flexibility index (Phi) is 6.67. The molecule has 0 unspecified atom stereocenters. The Bertz CT molecular complexity index is 253. The second-order valence-electron chi connectivity index (χ2n) is 2.98. The maximum absolute atomic E-state index is 10.8. The summed E-state index contributed by atoms with van der Waals surface area (Å²) >= 11 is 11.2. The molecule has 2 nitrogen and oxygen atoms in total. The van der Waals surface area contributed by atoms with Crippen molar-refractivity contribution in [3.05, 3.63) is 22.2 Å². The van der Waals surface area contributed by atoms with Gasteiger partial charge < -0.3 is 4.74 Å². The molecule has 0 aliphatic rings. The molecule has 1 atom stereocenters. The molecule has 0 saturated carbocycles. The molecule has 0 aromatic carbocycles. The van der Waals surface area contributed by atoms with E-state index in [4.69, 9.17) is 27.9 Å². The van der Waals surface area contributed by atoms with Gasteiger partial charge in [0.2, 0.25) is 0 Å².